The van der Waals surface area contributed by atoms with E-state index >= 15 is 0 Å². The Morgan fingerprint density at radius 3 is 1.72 bits per heavy atom. The highest BCUT2D eigenvalue weighted by molar-refractivity contribution is 5.68. The van der Waals surface area contributed by atoms with Crippen molar-refractivity contribution in [3.05, 3.63) is 0 Å². The summed E-state index contributed by atoms with van der Waals surface area (Å²) in [4.78, 5) is 11.2. The molecule has 46 heavy (non-hydrogen) atoms. The lowest BCUT2D eigenvalue weighted by Gasteiger charge is -2.48. The fourth-order valence-electron chi connectivity index (χ4n) is 5.58. The Labute approximate surface area is 266 Å². The molecule has 0 saturated carbocycles. The van der Waals surface area contributed by atoms with Crippen molar-refractivity contribution in [2.45, 2.75) is 137 Å². The summed E-state index contributed by atoms with van der Waals surface area (Å²) in [6.07, 6.45) is -16.7. The molecule has 270 valence electrons. The zero-order valence-electron chi connectivity index (χ0n) is 25.8. The predicted octanol–water partition coefficient (Wildman–Crippen LogP) is -4.68. The van der Waals surface area contributed by atoms with Crippen LogP contribution in [0, 0.1) is 0 Å². The number of esters is 1. The van der Waals surface area contributed by atoms with Crippen LogP contribution in [-0.4, -0.2) is 178 Å². The van der Waals surface area contributed by atoms with Gasteiger partial charge in [-0.2, -0.15) is 0 Å². The maximum atomic E-state index is 11.2. The van der Waals surface area contributed by atoms with E-state index in [9.17, 15) is 50.8 Å². The monoisotopic (exact) mass is 673 g/mol. The van der Waals surface area contributed by atoms with E-state index in [0.29, 0.717) is 12.8 Å². The molecular formula is C28H51NO17. The minimum Gasteiger partial charge on any atom is -0.469 e. The van der Waals surface area contributed by atoms with E-state index in [-0.39, 0.29) is 12.6 Å². The second-order valence-corrected chi connectivity index (χ2v) is 11.7. The van der Waals surface area contributed by atoms with Gasteiger partial charge in [-0.15, -0.1) is 0 Å². The molecule has 0 aliphatic carbocycles. The molecule has 15 atom stereocenters. The molecule has 0 spiro atoms. The Hall–Kier alpha value is -1.17. The molecule has 18 nitrogen and oxygen atoms in total. The van der Waals surface area contributed by atoms with Gasteiger partial charge < -0.3 is 84.9 Å². The fourth-order valence-corrected chi connectivity index (χ4v) is 5.58. The first-order valence-electron chi connectivity index (χ1n) is 15.6. The van der Waals surface area contributed by atoms with E-state index in [1.54, 1.807) is 0 Å². The summed E-state index contributed by atoms with van der Waals surface area (Å²) >= 11 is 0. The number of rotatable bonds is 17. The van der Waals surface area contributed by atoms with Crippen LogP contribution < -0.4 is 5.73 Å². The van der Waals surface area contributed by atoms with Gasteiger partial charge in [0.2, 0.25) is 0 Å². The van der Waals surface area contributed by atoms with Crippen molar-refractivity contribution in [1.82, 2.24) is 0 Å². The summed E-state index contributed by atoms with van der Waals surface area (Å²) < 4.78 is 38.6. The molecule has 3 fully saturated rings. The molecule has 11 N–H and O–H groups in total. The summed E-state index contributed by atoms with van der Waals surface area (Å²) in [5.41, 5.74) is 5.96. The molecular weight excluding hydrogens is 622 g/mol. The molecule has 0 radical (unpaired) electrons. The van der Waals surface area contributed by atoms with Crippen molar-refractivity contribution in [3.8, 4) is 0 Å². The molecule has 0 amide bonds. The highest BCUT2D eigenvalue weighted by Crippen LogP contribution is 2.33. The normalized spacial score (nSPS) is 41.8. The Morgan fingerprint density at radius 1 is 0.609 bits per heavy atom. The van der Waals surface area contributed by atoms with E-state index in [2.05, 4.69) is 4.74 Å². The van der Waals surface area contributed by atoms with Crippen LogP contribution in [-0.2, 0) is 38.0 Å². The predicted molar refractivity (Wildman–Crippen MR) is 151 cm³/mol. The summed E-state index contributed by atoms with van der Waals surface area (Å²) in [5, 5.41) is 92.9. The lowest BCUT2D eigenvalue weighted by molar-refractivity contribution is -0.382. The summed E-state index contributed by atoms with van der Waals surface area (Å²) in [6, 6.07) is -1.39. The second kappa shape index (κ2) is 19.1. The van der Waals surface area contributed by atoms with E-state index in [1.807, 2.05) is 0 Å². The van der Waals surface area contributed by atoms with Gasteiger partial charge in [-0.05, 0) is 12.8 Å². The number of aliphatic hydroxyl groups is 9. The first kappa shape index (κ1) is 39.3. The smallest absolute Gasteiger partial charge is 0.305 e. The van der Waals surface area contributed by atoms with Crippen LogP contribution in [0.1, 0.15) is 44.9 Å². The SMILES string of the molecule is COC(=O)CCCCCCCCO[C@H]1O[C@H](CO)[C@@H](O)[C@H](O[C@@H]2O[C@H](CO)[C@@H](O)[C@H](O)[C@H]2O[C@@H]2O[C@H](CO)[C@@H](O)[C@H](O)[C@@H]2N)[C@H]1O. The van der Waals surface area contributed by atoms with Crippen molar-refractivity contribution in [2.24, 2.45) is 5.73 Å². The molecule has 3 rings (SSSR count). The molecule has 18 heteroatoms. The molecule has 3 heterocycles. The molecule has 0 unspecified atom stereocenters. The Kier molecular flexibility index (Phi) is 16.3. The van der Waals surface area contributed by atoms with Crippen LogP contribution in [0.4, 0.5) is 0 Å². The lowest BCUT2D eigenvalue weighted by Crippen LogP contribution is -2.68. The minimum atomic E-state index is -1.82. The topological polar surface area (TPSA) is 290 Å². The number of carbonyl (C=O) groups excluding carboxylic acids is 1. The quantitative estimate of drug-likeness (QED) is 0.0513. The van der Waals surface area contributed by atoms with Gasteiger partial charge in [-0.3, -0.25) is 4.79 Å². The number of hydrogen-bond acceptors (Lipinski definition) is 18. The number of methoxy groups -OCH3 is 1. The maximum Gasteiger partial charge on any atom is 0.305 e. The molecule has 0 bridgehead atoms. The summed E-state index contributed by atoms with van der Waals surface area (Å²) in [6.45, 7) is -2.01. The number of ether oxygens (including phenoxy) is 7. The minimum absolute atomic E-state index is 0.158. The van der Waals surface area contributed by atoms with E-state index in [0.717, 1.165) is 32.1 Å². The second-order valence-electron chi connectivity index (χ2n) is 11.7. The number of aliphatic hydroxyl groups excluding tert-OH is 9. The van der Waals surface area contributed by atoms with Crippen molar-refractivity contribution >= 4 is 5.97 Å². The van der Waals surface area contributed by atoms with E-state index in [4.69, 9.17) is 34.2 Å². The van der Waals surface area contributed by atoms with Crippen LogP contribution >= 0.6 is 0 Å². The molecule has 0 aromatic carbocycles. The Morgan fingerprint density at radius 2 is 1.11 bits per heavy atom. The first-order valence-corrected chi connectivity index (χ1v) is 15.6. The van der Waals surface area contributed by atoms with E-state index in [1.165, 1.54) is 7.11 Å². The van der Waals surface area contributed by atoms with Gasteiger partial charge >= 0.3 is 5.97 Å². The third kappa shape index (κ3) is 9.94. The van der Waals surface area contributed by atoms with E-state index < -0.39 is 112 Å². The highest BCUT2D eigenvalue weighted by Gasteiger charge is 2.53. The Balaban J connectivity index is 1.64. The fraction of sp³-hybridized carbons (Fsp3) is 0.964. The average Bonchev–Trinajstić information content (AvgIpc) is 3.05. The third-order valence-electron chi connectivity index (χ3n) is 8.44. The van der Waals surface area contributed by atoms with Gasteiger partial charge in [0.15, 0.2) is 18.9 Å². The number of hydrogen-bond donors (Lipinski definition) is 10. The molecule has 3 aliphatic rings. The van der Waals surface area contributed by atoms with Crippen molar-refractivity contribution in [1.29, 1.82) is 0 Å². The zero-order valence-corrected chi connectivity index (χ0v) is 25.8. The molecule has 3 saturated heterocycles. The number of nitrogens with two attached hydrogens (primary N) is 1. The van der Waals surface area contributed by atoms with Crippen LogP contribution in [0.5, 0.6) is 0 Å². The molecule has 0 aromatic rings. The van der Waals surface area contributed by atoms with Crippen molar-refractivity contribution in [3.63, 3.8) is 0 Å². The summed E-state index contributed by atoms with van der Waals surface area (Å²) in [7, 11) is 1.35. The van der Waals surface area contributed by atoms with Gasteiger partial charge in [0.05, 0.1) is 33.0 Å². The molecule has 3 aliphatic heterocycles. The van der Waals surface area contributed by atoms with Gasteiger partial charge in [-0.1, -0.05) is 25.7 Å². The molecule has 0 aromatic heterocycles. The number of unbranched alkanes of at least 4 members (excludes halogenated alkanes) is 5. The first-order chi connectivity index (χ1) is 22.0. The van der Waals surface area contributed by atoms with Crippen molar-refractivity contribution < 1.29 is 83.9 Å². The van der Waals surface area contributed by atoms with Crippen LogP contribution in [0.3, 0.4) is 0 Å². The summed E-state index contributed by atoms with van der Waals surface area (Å²) in [5.74, 6) is -0.243. The highest BCUT2D eigenvalue weighted by atomic mass is 16.8. The largest absolute Gasteiger partial charge is 0.469 e. The maximum absolute atomic E-state index is 11.2. The Bertz CT molecular complexity index is 887. The van der Waals surface area contributed by atoms with Gasteiger partial charge in [0, 0.05) is 13.0 Å². The average molecular weight is 674 g/mol. The van der Waals surface area contributed by atoms with Gasteiger partial charge in [0.25, 0.3) is 0 Å². The van der Waals surface area contributed by atoms with Gasteiger partial charge in [0.1, 0.15) is 67.1 Å². The van der Waals surface area contributed by atoms with Crippen LogP contribution in [0.15, 0.2) is 0 Å². The number of carbonyl (C=O) groups is 1. The lowest BCUT2D eigenvalue weighted by atomic mass is 9.95. The van der Waals surface area contributed by atoms with Crippen molar-refractivity contribution in [2.75, 3.05) is 33.5 Å². The van der Waals surface area contributed by atoms with Crippen LogP contribution in [0.2, 0.25) is 0 Å². The van der Waals surface area contributed by atoms with Crippen LogP contribution in [0.25, 0.3) is 0 Å². The third-order valence-corrected chi connectivity index (χ3v) is 8.44. The standard InChI is InChI=1S/C28H51NO17/c1-40-16(33)8-6-4-2-3-5-7-9-41-27-23(39)24(20(36)15(12-32)43-27)45-28-25(22(38)19(35)14(11-31)44-28)46-26-17(29)21(37)18(34)13(10-30)42-26/h13-15,17-28,30-32,34-39H,2-12,29H2,1H3/t13-,14-,15-,17+,18-,19-,20-,21-,22+,23-,24+,25-,26+,27+,28+/m1/s1. The van der Waals surface area contributed by atoms with Gasteiger partial charge in [-0.25, -0.2) is 0 Å². The zero-order chi connectivity index (χ0) is 34.0.